The number of anilines is 1. The van der Waals surface area contributed by atoms with Crippen LogP contribution in [0, 0.1) is 12.3 Å². The summed E-state index contributed by atoms with van der Waals surface area (Å²) in [5.74, 6) is -0.984. The number of allylic oxidation sites excluding steroid dienone is 3. The number of aryl methyl sites for hydroxylation is 1. The molecule has 0 saturated heterocycles. The van der Waals surface area contributed by atoms with Crippen LogP contribution in [0.1, 0.15) is 36.7 Å². The van der Waals surface area contributed by atoms with Gasteiger partial charge in [0.1, 0.15) is 0 Å². The summed E-state index contributed by atoms with van der Waals surface area (Å²) in [6.45, 7) is 7.21. The van der Waals surface area contributed by atoms with Gasteiger partial charge in [0.15, 0.2) is 0 Å². The van der Waals surface area contributed by atoms with Crippen molar-refractivity contribution in [3.05, 3.63) is 52.1 Å². The first-order valence-corrected chi connectivity index (χ1v) is 7.33. The minimum absolute atomic E-state index is 0.214. The van der Waals surface area contributed by atoms with Gasteiger partial charge in [-0.2, -0.15) is 0 Å². The fourth-order valence-electron chi connectivity index (χ4n) is 2.06. The van der Waals surface area contributed by atoms with E-state index in [1.54, 1.807) is 31.2 Å². The SMILES string of the molecule is C/C=C(Cl)\C=C(/C(C)=N)C(C)Nc1ccc(C)cc1C(=O)O. The van der Waals surface area contributed by atoms with Crippen molar-refractivity contribution in [1.82, 2.24) is 0 Å². The number of benzene rings is 1. The Hall–Kier alpha value is -2.07. The number of rotatable bonds is 6. The summed E-state index contributed by atoms with van der Waals surface area (Å²) in [6, 6.07) is 4.97. The number of halogens is 1. The number of nitrogens with one attached hydrogen (secondary N) is 2. The molecule has 0 saturated carbocycles. The van der Waals surface area contributed by atoms with E-state index in [-0.39, 0.29) is 11.6 Å². The highest BCUT2D eigenvalue weighted by molar-refractivity contribution is 6.31. The molecule has 0 aliphatic rings. The molecule has 0 spiro atoms. The largest absolute Gasteiger partial charge is 0.478 e. The molecule has 0 fully saturated rings. The van der Waals surface area contributed by atoms with Gasteiger partial charge in [-0.05, 0) is 51.5 Å². The Morgan fingerprint density at radius 1 is 1.45 bits per heavy atom. The van der Waals surface area contributed by atoms with Gasteiger partial charge in [0.25, 0.3) is 0 Å². The Kier molecular flexibility index (Phi) is 6.38. The van der Waals surface area contributed by atoms with Gasteiger partial charge in [0, 0.05) is 16.4 Å². The van der Waals surface area contributed by atoms with E-state index in [2.05, 4.69) is 5.32 Å². The fourth-order valence-corrected chi connectivity index (χ4v) is 2.18. The molecule has 0 heterocycles. The third kappa shape index (κ3) is 4.74. The standard InChI is InChI=1S/C17H21ClN2O2/c1-5-13(18)9-14(11(3)19)12(4)20-16-7-6-10(2)8-15(16)17(21)22/h5-9,12,19-20H,1-4H3,(H,21,22)/b13-5+,14-9+,19-11?. The van der Waals surface area contributed by atoms with E-state index >= 15 is 0 Å². The van der Waals surface area contributed by atoms with Crippen molar-refractivity contribution in [2.45, 2.75) is 33.7 Å². The van der Waals surface area contributed by atoms with Crippen LogP contribution in [-0.4, -0.2) is 22.8 Å². The summed E-state index contributed by atoms with van der Waals surface area (Å²) < 4.78 is 0. The summed E-state index contributed by atoms with van der Waals surface area (Å²) in [5, 5.41) is 20.9. The quantitative estimate of drug-likeness (QED) is 0.529. The van der Waals surface area contributed by atoms with Crippen LogP contribution in [0.15, 0.2) is 41.0 Å². The maximum absolute atomic E-state index is 11.4. The van der Waals surface area contributed by atoms with Crippen LogP contribution in [0.4, 0.5) is 5.69 Å². The molecule has 1 unspecified atom stereocenters. The van der Waals surface area contributed by atoms with Gasteiger partial charge >= 0.3 is 5.97 Å². The molecule has 1 atom stereocenters. The summed E-state index contributed by atoms with van der Waals surface area (Å²) in [7, 11) is 0. The van der Waals surface area contributed by atoms with Gasteiger partial charge in [-0.15, -0.1) is 0 Å². The van der Waals surface area contributed by atoms with E-state index in [1.807, 2.05) is 26.8 Å². The molecule has 0 bridgehead atoms. The highest BCUT2D eigenvalue weighted by Gasteiger charge is 2.16. The van der Waals surface area contributed by atoms with Crippen molar-refractivity contribution in [2.75, 3.05) is 5.32 Å². The van der Waals surface area contributed by atoms with E-state index < -0.39 is 5.97 Å². The molecule has 0 radical (unpaired) electrons. The maximum atomic E-state index is 11.4. The van der Waals surface area contributed by atoms with E-state index in [0.29, 0.717) is 22.0 Å². The molecular weight excluding hydrogens is 300 g/mol. The molecular formula is C17H21ClN2O2. The Bertz CT molecular complexity index is 648. The zero-order valence-corrected chi connectivity index (χ0v) is 14.0. The molecule has 4 nitrogen and oxygen atoms in total. The molecule has 1 aromatic carbocycles. The second-order valence-corrected chi connectivity index (χ2v) is 5.55. The van der Waals surface area contributed by atoms with E-state index in [0.717, 1.165) is 5.56 Å². The Labute approximate surface area is 136 Å². The first kappa shape index (κ1) is 18.0. The molecule has 0 aliphatic heterocycles. The average Bonchev–Trinajstić information content (AvgIpc) is 2.45. The number of aromatic carboxylic acids is 1. The van der Waals surface area contributed by atoms with Crippen LogP contribution in [0.3, 0.4) is 0 Å². The summed E-state index contributed by atoms with van der Waals surface area (Å²) in [4.78, 5) is 11.4. The van der Waals surface area contributed by atoms with Crippen LogP contribution >= 0.6 is 11.6 Å². The predicted molar refractivity (Wildman–Crippen MR) is 92.3 cm³/mol. The van der Waals surface area contributed by atoms with Crippen LogP contribution in [0.2, 0.25) is 0 Å². The fraction of sp³-hybridized carbons (Fsp3) is 0.294. The van der Waals surface area contributed by atoms with Crippen LogP contribution in [0.5, 0.6) is 0 Å². The van der Waals surface area contributed by atoms with Crippen molar-refractivity contribution in [3.63, 3.8) is 0 Å². The predicted octanol–water partition coefficient (Wildman–Crippen LogP) is 4.60. The number of hydrogen-bond acceptors (Lipinski definition) is 3. The molecule has 1 aromatic rings. The average molecular weight is 321 g/mol. The third-order valence-corrected chi connectivity index (χ3v) is 3.57. The van der Waals surface area contributed by atoms with Crippen molar-refractivity contribution in [1.29, 1.82) is 5.41 Å². The topological polar surface area (TPSA) is 73.2 Å². The number of carbonyl (C=O) groups is 1. The summed E-state index contributed by atoms with van der Waals surface area (Å²) in [5.41, 5.74) is 2.70. The zero-order valence-electron chi connectivity index (χ0n) is 13.2. The lowest BCUT2D eigenvalue weighted by atomic mass is 10.0. The molecule has 0 amide bonds. The van der Waals surface area contributed by atoms with Crippen molar-refractivity contribution in [3.8, 4) is 0 Å². The van der Waals surface area contributed by atoms with Gasteiger partial charge in [-0.1, -0.05) is 29.3 Å². The molecule has 5 heteroatoms. The second kappa shape index (κ2) is 7.80. The lowest BCUT2D eigenvalue weighted by Crippen LogP contribution is -2.23. The lowest BCUT2D eigenvalue weighted by Gasteiger charge is -2.20. The van der Waals surface area contributed by atoms with Crippen LogP contribution in [-0.2, 0) is 0 Å². The van der Waals surface area contributed by atoms with Gasteiger partial charge < -0.3 is 15.8 Å². The lowest BCUT2D eigenvalue weighted by molar-refractivity contribution is 0.0698. The van der Waals surface area contributed by atoms with Gasteiger partial charge in [0.05, 0.1) is 11.6 Å². The van der Waals surface area contributed by atoms with Crippen molar-refractivity contribution >= 4 is 29.0 Å². The van der Waals surface area contributed by atoms with Gasteiger partial charge in [-0.25, -0.2) is 4.79 Å². The minimum atomic E-state index is -0.984. The van der Waals surface area contributed by atoms with Crippen molar-refractivity contribution < 1.29 is 9.90 Å². The van der Waals surface area contributed by atoms with E-state index in [4.69, 9.17) is 17.0 Å². The molecule has 1 rings (SSSR count). The molecule has 22 heavy (non-hydrogen) atoms. The number of carboxylic acid groups (broad SMARTS) is 1. The molecule has 0 aromatic heterocycles. The zero-order chi connectivity index (χ0) is 16.9. The number of carboxylic acids is 1. The summed E-state index contributed by atoms with van der Waals surface area (Å²) in [6.07, 6.45) is 3.46. The first-order valence-electron chi connectivity index (χ1n) is 6.95. The Morgan fingerprint density at radius 3 is 2.59 bits per heavy atom. The second-order valence-electron chi connectivity index (χ2n) is 5.12. The Morgan fingerprint density at radius 2 is 2.09 bits per heavy atom. The third-order valence-electron chi connectivity index (χ3n) is 3.25. The monoisotopic (exact) mass is 320 g/mol. The molecule has 0 aliphatic carbocycles. The number of hydrogen-bond donors (Lipinski definition) is 3. The van der Waals surface area contributed by atoms with Crippen molar-refractivity contribution in [2.24, 2.45) is 0 Å². The van der Waals surface area contributed by atoms with Gasteiger partial charge in [-0.3, -0.25) is 0 Å². The summed E-state index contributed by atoms with van der Waals surface area (Å²) >= 11 is 6.02. The molecule has 3 N–H and O–H groups in total. The Balaban J connectivity index is 3.15. The maximum Gasteiger partial charge on any atom is 0.337 e. The van der Waals surface area contributed by atoms with Crippen LogP contribution in [0.25, 0.3) is 0 Å². The normalized spacial score (nSPS) is 13.7. The smallest absolute Gasteiger partial charge is 0.337 e. The molecule has 118 valence electrons. The van der Waals surface area contributed by atoms with E-state index in [1.165, 1.54) is 0 Å². The highest BCUT2D eigenvalue weighted by Crippen LogP contribution is 2.21. The minimum Gasteiger partial charge on any atom is -0.478 e. The van der Waals surface area contributed by atoms with Crippen LogP contribution < -0.4 is 5.32 Å². The first-order chi connectivity index (χ1) is 10.3. The highest BCUT2D eigenvalue weighted by atomic mass is 35.5. The van der Waals surface area contributed by atoms with Gasteiger partial charge in [0.2, 0.25) is 0 Å². The van der Waals surface area contributed by atoms with E-state index in [9.17, 15) is 9.90 Å².